The maximum Gasteiger partial charge on any atom is 0.191 e. The van der Waals surface area contributed by atoms with Gasteiger partial charge in [0, 0.05) is 18.7 Å². The van der Waals surface area contributed by atoms with E-state index in [1.165, 1.54) is 7.11 Å². The van der Waals surface area contributed by atoms with Crippen LogP contribution in [-0.2, 0) is 13.1 Å². The number of methoxy groups -OCH3 is 1. The second-order valence-electron chi connectivity index (χ2n) is 5.84. The third-order valence-corrected chi connectivity index (χ3v) is 3.79. The van der Waals surface area contributed by atoms with E-state index in [1.54, 1.807) is 12.1 Å². The van der Waals surface area contributed by atoms with Gasteiger partial charge in [0.25, 0.3) is 0 Å². The fraction of sp³-hybridized carbons (Fsp3) is 0.350. The van der Waals surface area contributed by atoms with Crippen molar-refractivity contribution >= 4 is 29.9 Å². The quantitative estimate of drug-likeness (QED) is 0.269. The van der Waals surface area contributed by atoms with E-state index in [1.807, 2.05) is 13.0 Å². The number of hydrogen-bond donors (Lipinski definition) is 3. The molecule has 6 nitrogen and oxygen atoms in total. The van der Waals surface area contributed by atoms with E-state index in [9.17, 15) is 8.78 Å². The molecule has 0 atom stereocenters. The molecule has 3 N–H and O–H groups in total. The van der Waals surface area contributed by atoms with Gasteiger partial charge in [0.1, 0.15) is 18.2 Å². The summed E-state index contributed by atoms with van der Waals surface area (Å²) < 4.78 is 37.8. The number of ether oxygens (including phenoxy) is 2. The van der Waals surface area contributed by atoms with Gasteiger partial charge in [-0.2, -0.15) is 0 Å². The van der Waals surface area contributed by atoms with Crippen LogP contribution in [-0.4, -0.2) is 37.9 Å². The van der Waals surface area contributed by atoms with Gasteiger partial charge >= 0.3 is 0 Å². The highest BCUT2D eigenvalue weighted by Gasteiger charge is 2.07. The van der Waals surface area contributed by atoms with E-state index in [0.717, 1.165) is 23.8 Å². The number of aliphatic imine (C=N–C) groups is 1. The van der Waals surface area contributed by atoms with Crippen molar-refractivity contribution in [2.24, 2.45) is 4.99 Å². The lowest BCUT2D eigenvalue weighted by Gasteiger charge is -2.13. The summed E-state index contributed by atoms with van der Waals surface area (Å²) in [6.45, 7) is 3.08. The van der Waals surface area contributed by atoms with Gasteiger partial charge < -0.3 is 25.2 Å². The first-order chi connectivity index (χ1) is 13.6. The molecule has 0 bridgehead atoms. The van der Waals surface area contributed by atoms with Crippen molar-refractivity contribution in [3.8, 4) is 11.5 Å². The highest BCUT2D eigenvalue weighted by Crippen LogP contribution is 2.28. The van der Waals surface area contributed by atoms with E-state index >= 15 is 0 Å². The summed E-state index contributed by atoms with van der Waals surface area (Å²) in [5, 5.41) is 14.9. The molecule has 0 saturated carbocycles. The fourth-order valence-electron chi connectivity index (χ4n) is 2.46. The summed E-state index contributed by atoms with van der Waals surface area (Å²) in [4.78, 5) is 4.46. The van der Waals surface area contributed by atoms with Crippen LogP contribution in [0.25, 0.3) is 0 Å². The van der Waals surface area contributed by atoms with Crippen molar-refractivity contribution < 1.29 is 23.4 Å². The molecule has 0 spiro atoms. The average Bonchev–Trinajstić information content (AvgIpc) is 2.71. The molecule has 0 saturated heterocycles. The summed E-state index contributed by atoms with van der Waals surface area (Å²) in [5.41, 5.74) is 1.10. The van der Waals surface area contributed by atoms with Crippen molar-refractivity contribution in [3.63, 3.8) is 0 Å². The van der Waals surface area contributed by atoms with Crippen LogP contribution in [0.1, 0.15) is 18.1 Å². The topological polar surface area (TPSA) is 75.1 Å². The van der Waals surface area contributed by atoms with Crippen LogP contribution in [0.15, 0.2) is 41.4 Å². The van der Waals surface area contributed by atoms with Gasteiger partial charge in [-0.05, 0) is 42.8 Å². The van der Waals surface area contributed by atoms with Gasteiger partial charge in [-0.15, -0.1) is 24.0 Å². The number of aliphatic hydroxyl groups excluding tert-OH is 1. The number of nitrogens with zero attached hydrogens (tertiary/aromatic N) is 1. The molecule has 0 aliphatic heterocycles. The number of nitrogens with one attached hydrogen (secondary N) is 2. The number of hydrogen-bond acceptors (Lipinski definition) is 4. The van der Waals surface area contributed by atoms with E-state index in [4.69, 9.17) is 14.6 Å². The molecule has 0 heterocycles. The normalized spacial score (nSPS) is 10.9. The van der Waals surface area contributed by atoms with Crippen molar-refractivity contribution in [3.05, 3.63) is 59.2 Å². The maximum atomic E-state index is 13.8. The number of halogens is 3. The zero-order valence-electron chi connectivity index (χ0n) is 16.4. The van der Waals surface area contributed by atoms with Gasteiger partial charge in [0.05, 0.1) is 20.3 Å². The van der Waals surface area contributed by atoms with Crippen molar-refractivity contribution in [2.75, 3.05) is 26.9 Å². The number of rotatable bonds is 9. The van der Waals surface area contributed by atoms with Crippen LogP contribution in [0.2, 0.25) is 0 Å². The number of benzene rings is 2. The van der Waals surface area contributed by atoms with Crippen LogP contribution in [0, 0.1) is 11.6 Å². The molecule has 2 aromatic rings. The predicted molar refractivity (Wildman–Crippen MR) is 119 cm³/mol. The Bertz CT molecular complexity index is 807. The minimum absolute atomic E-state index is 0. The Balaban J connectivity index is 0.00000420. The third kappa shape index (κ3) is 8.01. The van der Waals surface area contributed by atoms with Crippen molar-refractivity contribution in [2.45, 2.75) is 20.0 Å². The van der Waals surface area contributed by atoms with Crippen LogP contribution in [0.4, 0.5) is 8.78 Å². The second kappa shape index (κ2) is 13.2. The summed E-state index contributed by atoms with van der Waals surface area (Å²) in [5.74, 6) is 0.589. The number of aliphatic hydroxyl groups is 1. The Labute approximate surface area is 186 Å². The lowest BCUT2D eigenvalue weighted by Crippen LogP contribution is -2.37. The molecule has 0 aliphatic rings. The molecule has 160 valence electrons. The van der Waals surface area contributed by atoms with E-state index < -0.39 is 11.6 Å². The zero-order valence-corrected chi connectivity index (χ0v) is 18.7. The first-order valence-corrected chi connectivity index (χ1v) is 8.94. The minimum Gasteiger partial charge on any atom is -0.493 e. The Morgan fingerprint density at radius 2 is 1.90 bits per heavy atom. The molecule has 0 amide bonds. The SMILES string of the molecule is CCNC(=NCc1ccc(OCCO)c(OC)c1)NCc1cc(F)ccc1F.I. The van der Waals surface area contributed by atoms with Gasteiger partial charge in [-0.1, -0.05) is 6.07 Å². The second-order valence-corrected chi connectivity index (χ2v) is 5.84. The highest BCUT2D eigenvalue weighted by molar-refractivity contribution is 14.0. The standard InChI is InChI=1S/C20H25F2N3O3.HI/c1-3-23-20(25-13-15-11-16(21)5-6-17(15)22)24-12-14-4-7-18(28-9-8-26)19(10-14)27-2;/h4-7,10-11,26H,3,8-9,12-13H2,1-2H3,(H2,23,24,25);1H. The Hall–Kier alpha value is -2.14. The molecule has 29 heavy (non-hydrogen) atoms. The van der Waals surface area contributed by atoms with Gasteiger partial charge in [-0.25, -0.2) is 13.8 Å². The summed E-state index contributed by atoms with van der Waals surface area (Å²) in [6, 6.07) is 8.73. The van der Waals surface area contributed by atoms with Crippen LogP contribution >= 0.6 is 24.0 Å². The molecular formula is C20H26F2IN3O3. The molecule has 0 radical (unpaired) electrons. The van der Waals surface area contributed by atoms with Crippen molar-refractivity contribution in [1.82, 2.24) is 10.6 Å². The van der Waals surface area contributed by atoms with Gasteiger partial charge in [0.2, 0.25) is 0 Å². The van der Waals surface area contributed by atoms with Crippen LogP contribution < -0.4 is 20.1 Å². The average molecular weight is 521 g/mol. The molecule has 0 aliphatic carbocycles. The zero-order chi connectivity index (χ0) is 20.4. The van der Waals surface area contributed by atoms with Crippen molar-refractivity contribution in [1.29, 1.82) is 0 Å². The van der Waals surface area contributed by atoms with Gasteiger partial charge in [-0.3, -0.25) is 0 Å². The largest absolute Gasteiger partial charge is 0.493 e. The summed E-state index contributed by atoms with van der Waals surface area (Å²) >= 11 is 0. The molecular weight excluding hydrogens is 495 g/mol. The van der Waals surface area contributed by atoms with Gasteiger partial charge in [0.15, 0.2) is 17.5 Å². The monoisotopic (exact) mass is 521 g/mol. The Kier molecular flexibility index (Phi) is 11.3. The first kappa shape index (κ1) is 24.9. The molecule has 2 aromatic carbocycles. The lowest BCUT2D eigenvalue weighted by molar-refractivity contribution is 0.196. The molecule has 9 heteroatoms. The third-order valence-electron chi connectivity index (χ3n) is 3.79. The van der Waals surface area contributed by atoms with E-state index in [0.29, 0.717) is 30.5 Å². The Morgan fingerprint density at radius 3 is 2.59 bits per heavy atom. The lowest BCUT2D eigenvalue weighted by atomic mass is 10.2. The van der Waals surface area contributed by atoms with Crippen LogP contribution in [0.5, 0.6) is 11.5 Å². The molecule has 0 unspecified atom stereocenters. The summed E-state index contributed by atoms with van der Waals surface area (Å²) in [6.07, 6.45) is 0. The predicted octanol–water partition coefficient (Wildman–Crippen LogP) is 3.22. The maximum absolute atomic E-state index is 13.8. The molecule has 0 fully saturated rings. The smallest absolute Gasteiger partial charge is 0.191 e. The first-order valence-electron chi connectivity index (χ1n) is 8.94. The number of guanidine groups is 1. The van der Waals surface area contributed by atoms with E-state index in [2.05, 4.69) is 15.6 Å². The highest BCUT2D eigenvalue weighted by atomic mass is 127. The van der Waals surface area contributed by atoms with E-state index in [-0.39, 0.29) is 49.3 Å². The fourth-order valence-corrected chi connectivity index (χ4v) is 2.46. The Morgan fingerprint density at radius 1 is 1.10 bits per heavy atom. The molecule has 2 rings (SSSR count). The summed E-state index contributed by atoms with van der Waals surface area (Å²) in [7, 11) is 1.54. The molecule has 0 aromatic heterocycles. The van der Waals surface area contributed by atoms with Crippen LogP contribution in [0.3, 0.4) is 0 Å². The minimum atomic E-state index is -0.490.